The molecule has 0 fully saturated rings. The maximum Gasteiger partial charge on any atom is 0.338 e. The van der Waals surface area contributed by atoms with Crippen LogP contribution in [0.2, 0.25) is 0 Å². The Morgan fingerprint density at radius 1 is 0.750 bits per heavy atom. The molecule has 5 nitrogen and oxygen atoms in total. The molecule has 2 aromatic rings. The van der Waals surface area contributed by atoms with E-state index < -0.39 is 5.97 Å². The van der Waals surface area contributed by atoms with Crippen LogP contribution >= 0.6 is 0 Å². The molecule has 0 aliphatic rings. The van der Waals surface area contributed by atoms with Gasteiger partial charge in [-0.25, -0.2) is 9.59 Å². The van der Waals surface area contributed by atoms with E-state index in [4.69, 9.17) is 14.2 Å². The Kier molecular flexibility index (Phi) is 11.7. The van der Waals surface area contributed by atoms with E-state index in [1.807, 2.05) is 0 Å². The number of esters is 2. The molecule has 0 saturated heterocycles. The van der Waals surface area contributed by atoms with Gasteiger partial charge in [0.05, 0.1) is 18.8 Å². The molecule has 0 aliphatic heterocycles. The van der Waals surface area contributed by atoms with E-state index in [0.717, 1.165) is 37.0 Å². The number of benzene rings is 2. The van der Waals surface area contributed by atoms with Crippen LogP contribution in [0.25, 0.3) is 6.08 Å². The maximum absolute atomic E-state index is 12.1. The number of carbonyl (C=O) groups excluding carboxylic acids is 2. The third-order valence-corrected chi connectivity index (χ3v) is 4.85. The van der Waals surface area contributed by atoms with Crippen LogP contribution < -0.4 is 9.47 Å². The van der Waals surface area contributed by atoms with Crippen molar-refractivity contribution in [1.82, 2.24) is 0 Å². The van der Waals surface area contributed by atoms with E-state index >= 15 is 0 Å². The minimum absolute atomic E-state index is 0.322. The highest BCUT2D eigenvalue weighted by Crippen LogP contribution is 2.18. The average molecular weight is 439 g/mol. The summed E-state index contributed by atoms with van der Waals surface area (Å²) in [6.07, 6.45) is 10.6. The summed E-state index contributed by atoms with van der Waals surface area (Å²) in [5, 5.41) is 0. The zero-order valence-electron chi connectivity index (χ0n) is 19.2. The fourth-order valence-corrected chi connectivity index (χ4v) is 2.94. The quantitative estimate of drug-likeness (QED) is 0.144. The van der Waals surface area contributed by atoms with Crippen molar-refractivity contribution in [3.63, 3.8) is 0 Å². The van der Waals surface area contributed by atoms with E-state index in [0.29, 0.717) is 24.5 Å². The Hall–Kier alpha value is -3.08. The largest absolute Gasteiger partial charge is 0.494 e. The Bertz CT molecular complexity index is 837. The van der Waals surface area contributed by atoms with Crippen LogP contribution in [0.3, 0.4) is 0 Å². The summed E-state index contributed by atoms with van der Waals surface area (Å²) in [7, 11) is 0. The molecule has 0 aromatic heterocycles. The van der Waals surface area contributed by atoms with Crippen molar-refractivity contribution in [2.24, 2.45) is 0 Å². The van der Waals surface area contributed by atoms with Gasteiger partial charge in [0.25, 0.3) is 0 Å². The molecule has 0 amide bonds. The normalized spacial score (nSPS) is 10.8. The minimum Gasteiger partial charge on any atom is -0.494 e. The number of unbranched alkanes of at least 4 members (excludes halogenated alkanes) is 5. The van der Waals surface area contributed by atoms with E-state index in [1.54, 1.807) is 54.6 Å². The van der Waals surface area contributed by atoms with Crippen molar-refractivity contribution in [1.29, 1.82) is 0 Å². The third kappa shape index (κ3) is 9.82. The maximum atomic E-state index is 12.1. The lowest BCUT2D eigenvalue weighted by Crippen LogP contribution is -2.06. The Morgan fingerprint density at radius 3 is 2.09 bits per heavy atom. The molecule has 0 radical (unpaired) electrons. The molecule has 2 rings (SSSR count). The first-order valence-electron chi connectivity index (χ1n) is 11.5. The number of rotatable bonds is 14. The van der Waals surface area contributed by atoms with Gasteiger partial charge in [0, 0.05) is 6.08 Å². The lowest BCUT2D eigenvalue weighted by atomic mass is 10.1. The molecule has 32 heavy (non-hydrogen) atoms. The zero-order chi connectivity index (χ0) is 23.0. The van der Waals surface area contributed by atoms with E-state index in [2.05, 4.69) is 13.8 Å². The summed E-state index contributed by atoms with van der Waals surface area (Å²) < 4.78 is 16.2. The summed E-state index contributed by atoms with van der Waals surface area (Å²) in [5.74, 6) is 0.410. The molecule has 172 valence electrons. The number of hydrogen-bond acceptors (Lipinski definition) is 5. The van der Waals surface area contributed by atoms with Gasteiger partial charge in [0.2, 0.25) is 0 Å². The highest BCUT2D eigenvalue weighted by Gasteiger charge is 2.07. The van der Waals surface area contributed by atoms with Gasteiger partial charge in [-0.2, -0.15) is 0 Å². The highest BCUT2D eigenvalue weighted by atomic mass is 16.5. The smallest absolute Gasteiger partial charge is 0.338 e. The second kappa shape index (κ2) is 14.8. The monoisotopic (exact) mass is 438 g/mol. The molecule has 0 atom stereocenters. The first-order valence-corrected chi connectivity index (χ1v) is 11.5. The van der Waals surface area contributed by atoms with Gasteiger partial charge in [-0.05, 0) is 60.9 Å². The standard InChI is InChI=1S/C27H34O5/c1-3-5-7-8-9-21-31-27(29)23-13-10-22(11-14-23)12-19-26(28)32-25-17-15-24(16-18-25)30-20-6-4-2/h10-19H,3-9,20-21H2,1-2H3. The number of carbonyl (C=O) groups is 2. The third-order valence-electron chi connectivity index (χ3n) is 4.85. The predicted octanol–water partition coefficient (Wildman–Crippen LogP) is 6.61. The summed E-state index contributed by atoms with van der Waals surface area (Å²) in [4.78, 5) is 24.1. The van der Waals surface area contributed by atoms with E-state index in [9.17, 15) is 9.59 Å². The van der Waals surface area contributed by atoms with Crippen LogP contribution in [0, 0.1) is 0 Å². The molecule has 0 bridgehead atoms. The molecule has 5 heteroatoms. The first kappa shape index (κ1) is 25.2. The van der Waals surface area contributed by atoms with Gasteiger partial charge >= 0.3 is 11.9 Å². The SMILES string of the molecule is CCCCCCCOC(=O)c1ccc(C=CC(=O)Oc2ccc(OCCCC)cc2)cc1. The summed E-state index contributed by atoms with van der Waals surface area (Å²) in [6, 6.07) is 13.9. The van der Waals surface area contributed by atoms with Crippen molar-refractivity contribution >= 4 is 18.0 Å². The van der Waals surface area contributed by atoms with Crippen molar-refractivity contribution in [2.75, 3.05) is 13.2 Å². The summed E-state index contributed by atoms with van der Waals surface area (Å²) in [6.45, 7) is 5.40. The fraction of sp³-hybridized carbons (Fsp3) is 0.407. The average Bonchev–Trinajstić information content (AvgIpc) is 2.81. The number of hydrogen-bond donors (Lipinski definition) is 0. The Balaban J connectivity index is 1.75. The Labute approximate surface area is 191 Å². The summed E-state index contributed by atoms with van der Waals surface area (Å²) >= 11 is 0. The van der Waals surface area contributed by atoms with Crippen LogP contribution in [0.15, 0.2) is 54.6 Å². The Morgan fingerprint density at radius 2 is 1.41 bits per heavy atom. The van der Waals surface area contributed by atoms with E-state index in [1.165, 1.54) is 25.3 Å². The molecule has 0 heterocycles. The molecule has 0 saturated carbocycles. The topological polar surface area (TPSA) is 61.8 Å². The first-order chi connectivity index (χ1) is 15.6. The van der Waals surface area contributed by atoms with Gasteiger partial charge < -0.3 is 14.2 Å². The van der Waals surface area contributed by atoms with Crippen LogP contribution in [0.5, 0.6) is 11.5 Å². The van der Waals surface area contributed by atoms with Crippen LogP contribution in [0.4, 0.5) is 0 Å². The van der Waals surface area contributed by atoms with E-state index in [-0.39, 0.29) is 5.97 Å². The van der Waals surface area contributed by atoms with Gasteiger partial charge in [-0.3, -0.25) is 0 Å². The second-order valence-electron chi connectivity index (χ2n) is 7.60. The summed E-state index contributed by atoms with van der Waals surface area (Å²) in [5.41, 5.74) is 1.29. The molecule has 0 N–H and O–H groups in total. The molecular formula is C27H34O5. The molecule has 0 aliphatic carbocycles. The van der Waals surface area contributed by atoms with Crippen molar-refractivity contribution in [2.45, 2.75) is 58.8 Å². The van der Waals surface area contributed by atoms with Crippen molar-refractivity contribution < 1.29 is 23.8 Å². The van der Waals surface area contributed by atoms with Crippen molar-refractivity contribution in [3.05, 3.63) is 65.7 Å². The van der Waals surface area contributed by atoms with Gasteiger partial charge in [0.15, 0.2) is 0 Å². The second-order valence-corrected chi connectivity index (χ2v) is 7.60. The zero-order valence-corrected chi connectivity index (χ0v) is 19.2. The van der Waals surface area contributed by atoms with Crippen LogP contribution in [0.1, 0.15) is 74.7 Å². The predicted molar refractivity (Wildman–Crippen MR) is 127 cm³/mol. The molecular weight excluding hydrogens is 404 g/mol. The minimum atomic E-state index is -0.476. The van der Waals surface area contributed by atoms with Gasteiger partial charge in [-0.15, -0.1) is 0 Å². The highest BCUT2D eigenvalue weighted by molar-refractivity contribution is 5.91. The van der Waals surface area contributed by atoms with Gasteiger partial charge in [-0.1, -0.05) is 58.1 Å². The molecule has 0 unspecified atom stereocenters. The van der Waals surface area contributed by atoms with Crippen LogP contribution in [-0.2, 0) is 9.53 Å². The lowest BCUT2D eigenvalue weighted by Gasteiger charge is -2.06. The van der Waals surface area contributed by atoms with Crippen molar-refractivity contribution in [3.8, 4) is 11.5 Å². The molecule has 2 aromatic carbocycles. The number of ether oxygens (including phenoxy) is 3. The molecule has 0 spiro atoms. The van der Waals surface area contributed by atoms with Gasteiger partial charge in [0.1, 0.15) is 11.5 Å². The lowest BCUT2D eigenvalue weighted by molar-refractivity contribution is -0.128. The fourth-order valence-electron chi connectivity index (χ4n) is 2.94. The van der Waals surface area contributed by atoms with Crippen LogP contribution in [-0.4, -0.2) is 25.2 Å².